The van der Waals surface area contributed by atoms with E-state index in [0.717, 1.165) is 18.2 Å². The van der Waals surface area contributed by atoms with Gasteiger partial charge in [0.15, 0.2) is 0 Å². The summed E-state index contributed by atoms with van der Waals surface area (Å²) in [6, 6.07) is 8.51. The molecular weight excluding hydrogens is 286 g/mol. The molecule has 0 saturated heterocycles. The Morgan fingerprint density at radius 3 is 2.10 bits per heavy atom. The first-order valence-corrected chi connectivity index (χ1v) is 6.20. The second kappa shape index (κ2) is 6.13. The van der Waals surface area contributed by atoms with Crippen LogP contribution in [-0.2, 0) is 19.3 Å². The van der Waals surface area contributed by atoms with Gasteiger partial charge in [0.2, 0.25) is 0 Å². The van der Waals surface area contributed by atoms with E-state index in [9.17, 15) is 22.7 Å². The monoisotopic (exact) mass is 299 g/mol. The van der Waals surface area contributed by atoms with Gasteiger partial charge in [0, 0.05) is 19.2 Å². The number of phenols is 1. The molecule has 2 aromatic carbocycles. The fourth-order valence-corrected chi connectivity index (χ4v) is 1.90. The molecule has 0 aromatic heterocycles. The third-order valence-corrected chi connectivity index (χ3v) is 2.88. The van der Waals surface area contributed by atoms with Crippen LogP contribution in [-0.4, -0.2) is 5.11 Å². The second-order valence-corrected chi connectivity index (χ2v) is 4.62. The summed E-state index contributed by atoms with van der Waals surface area (Å²) in [4.78, 5) is 0. The number of hydrogen-bond acceptors (Lipinski definition) is 2. The third kappa shape index (κ3) is 4.46. The van der Waals surface area contributed by atoms with Gasteiger partial charge in [0.05, 0.1) is 5.56 Å². The first kappa shape index (κ1) is 15.3. The first-order chi connectivity index (χ1) is 9.84. The van der Waals surface area contributed by atoms with Gasteiger partial charge in [-0.15, -0.1) is 0 Å². The molecule has 0 amide bonds. The quantitative estimate of drug-likeness (QED) is 0.841. The summed E-state index contributed by atoms with van der Waals surface area (Å²) in [5.41, 5.74) is 0.546. The number of alkyl halides is 3. The van der Waals surface area contributed by atoms with Crippen molar-refractivity contribution in [2.24, 2.45) is 0 Å². The van der Waals surface area contributed by atoms with Crippen LogP contribution in [0.25, 0.3) is 0 Å². The zero-order valence-corrected chi connectivity index (χ0v) is 10.9. The normalized spacial score (nSPS) is 11.6. The molecule has 0 aliphatic rings. The Bertz CT molecular complexity index is 588. The van der Waals surface area contributed by atoms with Crippen molar-refractivity contribution in [3.8, 4) is 5.75 Å². The van der Waals surface area contributed by atoms with Gasteiger partial charge in [-0.2, -0.15) is 13.2 Å². The van der Waals surface area contributed by atoms with Gasteiger partial charge in [-0.05, 0) is 35.4 Å². The molecule has 2 aromatic rings. The number of aromatic hydroxyl groups is 1. The number of halogens is 4. The van der Waals surface area contributed by atoms with Crippen molar-refractivity contribution in [3.63, 3.8) is 0 Å². The van der Waals surface area contributed by atoms with Gasteiger partial charge >= 0.3 is 6.18 Å². The number of hydrogen-bond donors (Lipinski definition) is 2. The van der Waals surface area contributed by atoms with Gasteiger partial charge in [-0.25, -0.2) is 4.39 Å². The molecule has 21 heavy (non-hydrogen) atoms. The molecule has 2 rings (SSSR count). The Balaban J connectivity index is 1.91. The highest BCUT2D eigenvalue weighted by Crippen LogP contribution is 2.29. The molecule has 0 saturated carbocycles. The third-order valence-electron chi connectivity index (χ3n) is 2.88. The number of benzene rings is 2. The van der Waals surface area contributed by atoms with E-state index in [4.69, 9.17) is 0 Å². The number of phenolic OH excluding ortho intramolecular Hbond substituents is 1. The molecular formula is C15H13F4NO. The predicted molar refractivity (Wildman–Crippen MR) is 70.1 cm³/mol. The van der Waals surface area contributed by atoms with Gasteiger partial charge in [-0.3, -0.25) is 0 Å². The Hall–Kier alpha value is -2.08. The molecule has 0 atom stereocenters. The van der Waals surface area contributed by atoms with Crippen molar-refractivity contribution in [3.05, 3.63) is 65.0 Å². The average molecular weight is 299 g/mol. The minimum absolute atomic E-state index is 0.165. The van der Waals surface area contributed by atoms with E-state index in [-0.39, 0.29) is 5.75 Å². The van der Waals surface area contributed by atoms with E-state index in [1.54, 1.807) is 0 Å². The van der Waals surface area contributed by atoms with Crippen molar-refractivity contribution >= 4 is 0 Å². The maximum atomic E-state index is 13.0. The van der Waals surface area contributed by atoms with Crippen molar-refractivity contribution in [2.45, 2.75) is 19.3 Å². The topological polar surface area (TPSA) is 32.3 Å². The lowest BCUT2D eigenvalue weighted by Crippen LogP contribution is -2.13. The average Bonchev–Trinajstić information content (AvgIpc) is 2.37. The minimum atomic E-state index is -4.34. The van der Waals surface area contributed by atoms with E-state index in [1.165, 1.54) is 24.3 Å². The highest BCUT2D eigenvalue weighted by Gasteiger charge is 2.29. The molecule has 0 aliphatic heterocycles. The van der Waals surface area contributed by atoms with E-state index in [2.05, 4.69) is 5.32 Å². The van der Waals surface area contributed by atoms with Gasteiger partial charge in [-0.1, -0.05) is 12.1 Å². The molecule has 2 N–H and O–H groups in total. The molecule has 0 fully saturated rings. The van der Waals surface area contributed by atoms with Crippen LogP contribution in [0, 0.1) is 5.82 Å². The van der Waals surface area contributed by atoms with Gasteiger partial charge in [0.25, 0.3) is 0 Å². The largest absolute Gasteiger partial charge is 0.508 e. The van der Waals surface area contributed by atoms with E-state index in [0.29, 0.717) is 24.2 Å². The standard InChI is InChI=1S/C15H13F4NO/c16-13-5-11(6-14(21)7-13)9-20-8-10-1-3-12(4-2-10)15(17,18)19/h1-7,20-21H,8-9H2. The van der Waals surface area contributed by atoms with Crippen LogP contribution in [0.5, 0.6) is 5.75 Å². The van der Waals surface area contributed by atoms with Crippen LogP contribution >= 0.6 is 0 Å². The van der Waals surface area contributed by atoms with E-state index >= 15 is 0 Å². The Morgan fingerprint density at radius 1 is 0.905 bits per heavy atom. The zero-order chi connectivity index (χ0) is 15.5. The smallest absolute Gasteiger partial charge is 0.416 e. The lowest BCUT2D eigenvalue weighted by molar-refractivity contribution is -0.137. The van der Waals surface area contributed by atoms with Gasteiger partial charge < -0.3 is 10.4 Å². The molecule has 112 valence electrons. The highest BCUT2D eigenvalue weighted by atomic mass is 19.4. The van der Waals surface area contributed by atoms with E-state index in [1.807, 2.05) is 0 Å². The summed E-state index contributed by atoms with van der Waals surface area (Å²) in [5, 5.41) is 12.2. The highest BCUT2D eigenvalue weighted by molar-refractivity contribution is 5.28. The van der Waals surface area contributed by atoms with Crippen molar-refractivity contribution in [1.29, 1.82) is 0 Å². The molecule has 2 nitrogen and oxygen atoms in total. The Kier molecular flexibility index (Phi) is 4.47. The fraction of sp³-hybridized carbons (Fsp3) is 0.200. The zero-order valence-electron chi connectivity index (χ0n) is 10.9. The summed E-state index contributed by atoms with van der Waals surface area (Å²) in [6.45, 7) is 0.641. The Labute approximate surface area is 119 Å². The summed E-state index contributed by atoms with van der Waals surface area (Å²) >= 11 is 0. The number of rotatable bonds is 4. The molecule has 0 bridgehead atoms. The van der Waals surface area contributed by atoms with Crippen LogP contribution < -0.4 is 5.32 Å². The summed E-state index contributed by atoms with van der Waals surface area (Å²) in [6.07, 6.45) is -4.34. The summed E-state index contributed by atoms with van der Waals surface area (Å²) in [7, 11) is 0. The van der Waals surface area contributed by atoms with Crippen molar-refractivity contribution < 1.29 is 22.7 Å². The maximum Gasteiger partial charge on any atom is 0.416 e. The van der Waals surface area contributed by atoms with Crippen molar-refractivity contribution in [2.75, 3.05) is 0 Å². The molecule has 0 unspecified atom stereocenters. The molecule has 6 heteroatoms. The first-order valence-electron chi connectivity index (χ1n) is 6.20. The van der Waals surface area contributed by atoms with E-state index < -0.39 is 17.6 Å². The second-order valence-electron chi connectivity index (χ2n) is 4.62. The van der Waals surface area contributed by atoms with Crippen LogP contribution in [0.15, 0.2) is 42.5 Å². The van der Waals surface area contributed by atoms with Crippen LogP contribution in [0.2, 0.25) is 0 Å². The fourth-order valence-electron chi connectivity index (χ4n) is 1.90. The van der Waals surface area contributed by atoms with Gasteiger partial charge in [0.1, 0.15) is 11.6 Å². The predicted octanol–water partition coefficient (Wildman–Crippen LogP) is 3.84. The Morgan fingerprint density at radius 2 is 1.52 bits per heavy atom. The molecule has 0 radical (unpaired) electrons. The molecule has 0 heterocycles. The van der Waals surface area contributed by atoms with Crippen LogP contribution in [0.3, 0.4) is 0 Å². The molecule has 0 aliphatic carbocycles. The number of nitrogens with one attached hydrogen (secondary N) is 1. The lowest BCUT2D eigenvalue weighted by atomic mass is 10.1. The SMILES string of the molecule is Oc1cc(F)cc(CNCc2ccc(C(F)(F)F)cc2)c1. The summed E-state index contributed by atoms with van der Waals surface area (Å²) in [5.74, 6) is -0.706. The van der Waals surface area contributed by atoms with Crippen molar-refractivity contribution in [1.82, 2.24) is 5.32 Å². The molecule has 0 spiro atoms. The van der Waals surface area contributed by atoms with Crippen LogP contribution in [0.4, 0.5) is 17.6 Å². The minimum Gasteiger partial charge on any atom is -0.508 e. The maximum absolute atomic E-state index is 13.0. The summed E-state index contributed by atoms with van der Waals surface area (Å²) < 4.78 is 50.2. The van der Waals surface area contributed by atoms with Crippen LogP contribution in [0.1, 0.15) is 16.7 Å². The lowest BCUT2D eigenvalue weighted by Gasteiger charge is -2.09.